The van der Waals surface area contributed by atoms with Crippen LogP contribution in [-0.4, -0.2) is 27.4 Å². The van der Waals surface area contributed by atoms with E-state index in [9.17, 15) is 13.2 Å². The number of rotatable bonds is 4. The number of carbonyl (C=O) groups excluding carboxylic acids is 1. The number of nitrogens with two attached hydrogens (primary N) is 1. The van der Waals surface area contributed by atoms with Crippen LogP contribution < -0.4 is 15.8 Å². The van der Waals surface area contributed by atoms with Crippen LogP contribution in [0.3, 0.4) is 0 Å². The van der Waals surface area contributed by atoms with Gasteiger partial charge in [0.15, 0.2) is 0 Å². The third-order valence-corrected chi connectivity index (χ3v) is 4.71. The minimum absolute atomic E-state index is 0.0531. The van der Waals surface area contributed by atoms with E-state index in [-0.39, 0.29) is 22.8 Å². The Morgan fingerprint density at radius 3 is 2.38 bits per heavy atom. The van der Waals surface area contributed by atoms with E-state index < -0.39 is 10.0 Å². The van der Waals surface area contributed by atoms with E-state index in [1.807, 2.05) is 6.92 Å². The quantitative estimate of drug-likeness (QED) is 0.754. The maximum absolute atomic E-state index is 12.2. The van der Waals surface area contributed by atoms with Crippen LogP contribution in [0.1, 0.15) is 31.4 Å². The molecule has 2 rings (SSSR count). The molecule has 1 aromatic rings. The van der Waals surface area contributed by atoms with Gasteiger partial charge in [-0.1, -0.05) is 12.1 Å². The normalized spacial score (nSPS) is 18.2. The molecule has 0 spiro atoms. The summed E-state index contributed by atoms with van der Waals surface area (Å²) in [5.74, 6) is 0.108. The SMILES string of the molecule is CC(NC(=O)C1CCNCC1)c1ccc(S(N)(=O)=O)cc1. The zero-order valence-corrected chi connectivity index (χ0v) is 12.8. The molecule has 0 bridgehead atoms. The number of primary sulfonamides is 1. The number of carbonyl (C=O) groups is 1. The summed E-state index contributed by atoms with van der Waals surface area (Å²) >= 11 is 0. The topological polar surface area (TPSA) is 101 Å². The maximum Gasteiger partial charge on any atom is 0.238 e. The Labute approximate surface area is 125 Å². The van der Waals surface area contributed by atoms with Gasteiger partial charge in [-0.05, 0) is 50.6 Å². The monoisotopic (exact) mass is 311 g/mol. The molecule has 1 heterocycles. The number of amides is 1. The van der Waals surface area contributed by atoms with Gasteiger partial charge < -0.3 is 10.6 Å². The van der Waals surface area contributed by atoms with E-state index in [1.165, 1.54) is 12.1 Å². The summed E-state index contributed by atoms with van der Waals surface area (Å²) in [6.07, 6.45) is 1.70. The molecular formula is C14H21N3O3S. The predicted molar refractivity (Wildman–Crippen MR) is 80.0 cm³/mol. The first-order chi connectivity index (χ1) is 9.88. The van der Waals surface area contributed by atoms with E-state index in [1.54, 1.807) is 12.1 Å². The second-order valence-electron chi connectivity index (χ2n) is 5.37. The fraction of sp³-hybridized carbons (Fsp3) is 0.500. The molecule has 1 aromatic carbocycles. The molecule has 7 heteroatoms. The Morgan fingerprint density at radius 2 is 1.86 bits per heavy atom. The highest BCUT2D eigenvalue weighted by Crippen LogP contribution is 2.18. The summed E-state index contributed by atoms with van der Waals surface area (Å²) in [4.78, 5) is 12.2. The van der Waals surface area contributed by atoms with Gasteiger partial charge in [0.25, 0.3) is 0 Å². The molecule has 1 fully saturated rings. The van der Waals surface area contributed by atoms with Gasteiger partial charge in [-0.3, -0.25) is 4.79 Å². The molecule has 0 saturated carbocycles. The van der Waals surface area contributed by atoms with Crippen molar-refractivity contribution in [3.63, 3.8) is 0 Å². The fourth-order valence-corrected chi connectivity index (χ4v) is 2.96. The number of sulfonamides is 1. The van der Waals surface area contributed by atoms with Crippen molar-refractivity contribution in [2.45, 2.75) is 30.7 Å². The molecule has 1 aliphatic rings. The van der Waals surface area contributed by atoms with Crippen LogP contribution in [0.5, 0.6) is 0 Å². The molecule has 4 N–H and O–H groups in total. The van der Waals surface area contributed by atoms with E-state index in [0.29, 0.717) is 0 Å². The van der Waals surface area contributed by atoms with E-state index in [4.69, 9.17) is 5.14 Å². The lowest BCUT2D eigenvalue weighted by atomic mass is 9.96. The highest BCUT2D eigenvalue weighted by Gasteiger charge is 2.22. The average molecular weight is 311 g/mol. The predicted octanol–water partition coefficient (Wildman–Crippen LogP) is 0.511. The van der Waals surface area contributed by atoms with Crippen LogP contribution in [0.15, 0.2) is 29.2 Å². The van der Waals surface area contributed by atoms with Crippen molar-refractivity contribution in [2.24, 2.45) is 11.1 Å². The van der Waals surface area contributed by atoms with Gasteiger partial charge in [-0.15, -0.1) is 0 Å². The van der Waals surface area contributed by atoms with Gasteiger partial charge in [0, 0.05) is 5.92 Å². The minimum atomic E-state index is -3.68. The highest BCUT2D eigenvalue weighted by molar-refractivity contribution is 7.89. The number of nitrogens with one attached hydrogen (secondary N) is 2. The van der Waals surface area contributed by atoms with Gasteiger partial charge in [0.2, 0.25) is 15.9 Å². The Morgan fingerprint density at radius 1 is 1.29 bits per heavy atom. The largest absolute Gasteiger partial charge is 0.349 e. The first kappa shape index (κ1) is 15.9. The van der Waals surface area contributed by atoms with Gasteiger partial charge >= 0.3 is 0 Å². The summed E-state index contributed by atoms with van der Waals surface area (Å²) in [6.45, 7) is 3.62. The van der Waals surface area contributed by atoms with Crippen LogP contribution in [0.4, 0.5) is 0 Å². The summed E-state index contributed by atoms with van der Waals surface area (Å²) in [5.41, 5.74) is 0.852. The van der Waals surface area contributed by atoms with Gasteiger partial charge in [-0.25, -0.2) is 13.6 Å². The van der Waals surface area contributed by atoms with Gasteiger partial charge in [0.1, 0.15) is 0 Å². The Bertz CT molecular complexity index is 592. The van der Waals surface area contributed by atoms with Crippen molar-refractivity contribution in [2.75, 3.05) is 13.1 Å². The van der Waals surface area contributed by atoms with E-state index in [0.717, 1.165) is 31.5 Å². The van der Waals surface area contributed by atoms with Crippen LogP contribution in [-0.2, 0) is 14.8 Å². The zero-order chi connectivity index (χ0) is 15.5. The second-order valence-corrected chi connectivity index (χ2v) is 6.93. The van der Waals surface area contributed by atoms with Crippen LogP contribution in [0.2, 0.25) is 0 Å². The Balaban J connectivity index is 1.99. The molecule has 1 aliphatic heterocycles. The number of hydrogen-bond acceptors (Lipinski definition) is 4. The van der Waals surface area contributed by atoms with E-state index in [2.05, 4.69) is 10.6 Å². The lowest BCUT2D eigenvalue weighted by Gasteiger charge is -2.24. The summed E-state index contributed by atoms with van der Waals surface area (Å²) in [5, 5.41) is 11.3. The third kappa shape index (κ3) is 4.26. The third-order valence-electron chi connectivity index (χ3n) is 3.78. The average Bonchev–Trinajstić information content (AvgIpc) is 2.47. The van der Waals surface area contributed by atoms with Crippen molar-refractivity contribution < 1.29 is 13.2 Å². The van der Waals surface area contributed by atoms with Crippen LogP contribution in [0.25, 0.3) is 0 Å². The molecule has 0 aliphatic carbocycles. The van der Waals surface area contributed by atoms with Gasteiger partial charge in [-0.2, -0.15) is 0 Å². The molecule has 1 atom stereocenters. The van der Waals surface area contributed by atoms with Crippen molar-refractivity contribution in [1.29, 1.82) is 0 Å². The first-order valence-corrected chi connectivity index (χ1v) is 8.56. The second kappa shape index (κ2) is 6.55. The molecule has 1 amide bonds. The molecule has 1 unspecified atom stereocenters. The summed E-state index contributed by atoms with van der Waals surface area (Å²) in [6, 6.07) is 6.09. The summed E-state index contributed by atoms with van der Waals surface area (Å²) in [7, 11) is -3.68. The van der Waals surface area contributed by atoms with Crippen LogP contribution in [0, 0.1) is 5.92 Å². The molecule has 21 heavy (non-hydrogen) atoms. The summed E-state index contributed by atoms with van der Waals surface area (Å²) < 4.78 is 22.4. The first-order valence-electron chi connectivity index (χ1n) is 7.02. The van der Waals surface area contributed by atoms with Crippen molar-refractivity contribution >= 4 is 15.9 Å². The molecule has 0 aromatic heterocycles. The standard InChI is InChI=1S/C14H21N3O3S/c1-10(17-14(18)12-6-8-16-9-7-12)11-2-4-13(5-3-11)21(15,19)20/h2-5,10,12,16H,6-9H2,1H3,(H,17,18)(H2,15,19,20). The van der Waals surface area contributed by atoms with E-state index >= 15 is 0 Å². The molecular weight excluding hydrogens is 290 g/mol. The number of piperidine rings is 1. The number of hydrogen-bond donors (Lipinski definition) is 3. The lowest BCUT2D eigenvalue weighted by Crippen LogP contribution is -2.39. The fourth-order valence-electron chi connectivity index (χ4n) is 2.44. The highest BCUT2D eigenvalue weighted by atomic mass is 32.2. The molecule has 0 radical (unpaired) electrons. The zero-order valence-electron chi connectivity index (χ0n) is 12.0. The molecule has 1 saturated heterocycles. The minimum Gasteiger partial charge on any atom is -0.349 e. The Kier molecular flexibility index (Phi) is 4.97. The smallest absolute Gasteiger partial charge is 0.238 e. The molecule has 116 valence electrons. The molecule has 6 nitrogen and oxygen atoms in total. The van der Waals surface area contributed by atoms with Crippen LogP contribution >= 0.6 is 0 Å². The van der Waals surface area contributed by atoms with Crippen molar-refractivity contribution in [3.05, 3.63) is 29.8 Å². The Hall–Kier alpha value is -1.44. The maximum atomic E-state index is 12.2. The lowest BCUT2D eigenvalue weighted by molar-refractivity contribution is -0.126. The van der Waals surface area contributed by atoms with Gasteiger partial charge in [0.05, 0.1) is 10.9 Å². The number of benzene rings is 1. The van der Waals surface area contributed by atoms with Crippen molar-refractivity contribution in [1.82, 2.24) is 10.6 Å². The van der Waals surface area contributed by atoms with Crippen molar-refractivity contribution in [3.8, 4) is 0 Å².